The van der Waals surface area contributed by atoms with Crippen molar-refractivity contribution in [2.45, 2.75) is 23.1 Å². The molecule has 3 rings (SSSR count). The van der Waals surface area contributed by atoms with Crippen LogP contribution in [-0.4, -0.2) is 35.8 Å². The molecule has 0 saturated heterocycles. The summed E-state index contributed by atoms with van der Waals surface area (Å²) >= 11 is 10.5. The van der Waals surface area contributed by atoms with Gasteiger partial charge in [-0.25, -0.2) is 13.9 Å². The number of rotatable bonds is 10. The fourth-order valence-electron chi connectivity index (χ4n) is 3.26. The molecule has 1 atom stereocenters. The van der Waals surface area contributed by atoms with E-state index < -0.39 is 21.3 Å². The van der Waals surface area contributed by atoms with Crippen LogP contribution in [0.3, 0.4) is 0 Å². The summed E-state index contributed by atoms with van der Waals surface area (Å²) in [5.74, 6) is -0.171. The Morgan fingerprint density at radius 2 is 1.80 bits per heavy atom. The number of thiol groups is 1. The molecule has 0 radical (unpaired) electrons. The lowest BCUT2D eigenvalue weighted by molar-refractivity contribution is -0.129. The largest absolute Gasteiger partial charge is 0.456 e. The molecule has 3 aromatic carbocycles. The number of ether oxygens (including phenoxy) is 1. The minimum atomic E-state index is -4.07. The molecule has 182 valence electrons. The third-order valence-corrected chi connectivity index (χ3v) is 7.88. The van der Waals surface area contributed by atoms with Crippen molar-refractivity contribution in [2.24, 2.45) is 0 Å². The van der Waals surface area contributed by atoms with Crippen LogP contribution in [0.1, 0.15) is 17.5 Å². The third-order valence-electron chi connectivity index (χ3n) is 5.02. The second-order valence-corrected chi connectivity index (χ2v) is 10.3. The number of nitrogens with zero attached hydrogens (tertiary/aromatic N) is 2. The summed E-state index contributed by atoms with van der Waals surface area (Å²) < 4.78 is 33.8. The molecule has 0 aliphatic rings. The van der Waals surface area contributed by atoms with Gasteiger partial charge in [0.1, 0.15) is 23.1 Å². The Hall–Kier alpha value is -3.07. The van der Waals surface area contributed by atoms with Gasteiger partial charge in [-0.3, -0.25) is 10.0 Å². The average molecular weight is 532 g/mol. The summed E-state index contributed by atoms with van der Waals surface area (Å²) in [5.41, 5.74) is 2.55. The number of hydrogen-bond acceptors (Lipinski definition) is 7. The van der Waals surface area contributed by atoms with E-state index in [1.165, 1.54) is 29.7 Å². The Morgan fingerprint density at radius 1 is 1.11 bits per heavy atom. The minimum Gasteiger partial charge on any atom is -0.456 e. The van der Waals surface area contributed by atoms with E-state index in [1.807, 2.05) is 36.4 Å². The van der Waals surface area contributed by atoms with E-state index >= 15 is 0 Å². The molecule has 8 nitrogen and oxygen atoms in total. The molecule has 2 N–H and O–H groups in total. The zero-order chi connectivity index (χ0) is 25.4. The van der Waals surface area contributed by atoms with E-state index in [4.69, 9.17) is 21.5 Å². The van der Waals surface area contributed by atoms with E-state index in [0.717, 1.165) is 9.87 Å². The Morgan fingerprint density at radius 3 is 2.43 bits per heavy atom. The van der Waals surface area contributed by atoms with Gasteiger partial charge in [-0.05, 0) is 48.4 Å². The molecule has 3 aromatic rings. The maximum absolute atomic E-state index is 13.5. The lowest BCUT2D eigenvalue weighted by Crippen LogP contribution is -2.40. The lowest BCUT2D eigenvalue weighted by atomic mass is 10.1. The van der Waals surface area contributed by atoms with Crippen LogP contribution in [0.25, 0.3) is 0 Å². The van der Waals surface area contributed by atoms with Crippen LogP contribution in [0.15, 0.2) is 77.7 Å². The first-order chi connectivity index (χ1) is 16.8. The van der Waals surface area contributed by atoms with Gasteiger partial charge in [0, 0.05) is 13.0 Å². The molecular formula is C24H22ClN3O5S2. The van der Waals surface area contributed by atoms with Gasteiger partial charge >= 0.3 is 0 Å². The molecule has 0 fully saturated rings. The van der Waals surface area contributed by atoms with Crippen molar-refractivity contribution in [3.63, 3.8) is 0 Å². The van der Waals surface area contributed by atoms with Gasteiger partial charge in [-0.1, -0.05) is 48.0 Å². The van der Waals surface area contributed by atoms with E-state index in [9.17, 15) is 18.5 Å². The third kappa shape index (κ3) is 6.75. The van der Waals surface area contributed by atoms with E-state index in [1.54, 1.807) is 18.2 Å². The fourth-order valence-corrected chi connectivity index (χ4v) is 5.65. The Kier molecular flexibility index (Phi) is 9.14. The first-order valence-electron chi connectivity index (χ1n) is 10.4. The Balaban J connectivity index is 1.85. The molecule has 1 amide bonds. The lowest BCUT2D eigenvalue weighted by Gasteiger charge is -2.27. The number of hydroxylamine groups is 1. The van der Waals surface area contributed by atoms with Crippen molar-refractivity contribution in [3.05, 3.63) is 88.9 Å². The number of amides is 1. The predicted molar refractivity (Wildman–Crippen MR) is 134 cm³/mol. The zero-order valence-electron chi connectivity index (χ0n) is 18.3. The highest BCUT2D eigenvalue weighted by Gasteiger charge is 2.30. The Bertz CT molecular complexity index is 1310. The molecule has 35 heavy (non-hydrogen) atoms. The second kappa shape index (κ2) is 12.1. The minimum absolute atomic E-state index is 0.0343. The standard InChI is InChI=1S/C24H22ClN3O5S2/c25-21-7-4-8-22(20(21)16-26)33-18-9-11-19(12-10-18)35(31,32)28(14-13-23(29)27-30)24(34)15-17-5-2-1-3-6-17/h1-12,24,30,34H,13-15H2,(H,27,29). The molecule has 11 heteroatoms. The van der Waals surface area contributed by atoms with Crippen molar-refractivity contribution in [1.29, 1.82) is 5.26 Å². The highest BCUT2D eigenvalue weighted by molar-refractivity contribution is 7.90. The first-order valence-corrected chi connectivity index (χ1v) is 12.7. The summed E-state index contributed by atoms with van der Waals surface area (Å²) in [4.78, 5) is 11.6. The van der Waals surface area contributed by atoms with Gasteiger partial charge in [-0.15, -0.1) is 0 Å². The molecule has 0 aromatic heterocycles. The van der Waals surface area contributed by atoms with Crippen LogP contribution in [0.5, 0.6) is 11.5 Å². The summed E-state index contributed by atoms with van der Waals surface area (Å²) in [7, 11) is -4.07. The molecule has 0 saturated carbocycles. The molecule has 0 heterocycles. The van der Waals surface area contributed by atoms with Gasteiger partial charge < -0.3 is 4.74 Å². The van der Waals surface area contributed by atoms with Crippen molar-refractivity contribution in [1.82, 2.24) is 9.79 Å². The summed E-state index contributed by atoms with van der Waals surface area (Å²) in [6.07, 6.45) is 0.0469. The number of carbonyl (C=O) groups excluding carboxylic acids is 1. The summed E-state index contributed by atoms with van der Waals surface area (Å²) in [6, 6.07) is 21.6. The van der Waals surface area contributed by atoms with Gasteiger partial charge in [0.15, 0.2) is 0 Å². The van der Waals surface area contributed by atoms with Crippen molar-refractivity contribution < 1.29 is 23.2 Å². The Labute approximate surface area is 214 Å². The highest BCUT2D eigenvalue weighted by Crippen LogP contribution is 2.31. The van der Waals surface area contributed by atoms with Gasteiger partial charge in [-0.2, -0.15) is 22.2 Å². The average Bonchev–Trinajstić information content (AvgIpc) is 2.85. The van der Waals surface area contributed by atoms with Crippen molar-refractivity contribution in [2.75, 3.05) is 6.54 Å². The SMILES string of the molecule is N#Cc1c(Cl)cccc1Oc1ccc(S(=O)(=O)N(CCC(=O)NO)C(S)Cc2ccccc2)cc1. The van der Waals surface area contributed by atoms with E-state index in [2.05, 4.69) is 12.6 Å². The first kappa shape index (κ1) is 26.5. The molecule has 1 unspecified atom stereocenters. The number of nitriles is 1. The normalized spacial score (nSPS) is 12.1. The van der Waals surface area contributed by atoms with Crippen LogP contribution in [-0.2, 0) is 21.2 Å². The van der Waals surface area contributed by atoms with Gasteiger partial charge in [0.05, 0.1) is 15.3 Å². The van der Waals surface area contributed by atoms with E-state index in [-0.39, 0.29) is 34.2 Å². The van der Waals surface area contributed by atoms with Crippen molar-refractivity contribution in [3.8, 4) is 17.6 Å². The van der Waals surface area contributed by atoms with Crippen LogP contribution >= 0.6 is 24.2 Å². The predicted octanol–water partition coefficient (Wildman–Crippen LogP) is 4.39. The molecule has 0 aliphatic carbocycles. The van der Waals surface area contributed by atoms with Crippen LogP contribution in [0.4, 0.5) is 0 Å². The topological polar surface area (TPSA) is 120 Å². The molecule has 0 spiro atoms. The second-order valence-electron chi connectivity index (χ2n) is 7.37. The molecular weight excluding hydrogens is 510 g/mol. The maximum Gasteiger partial charge on any atom is 0.244 e. The van der Waals surface area contributed by atoms with E-state index in [0.29, 0.717) is 12.2 Å². The number of nitrogens with one attached hydrogen (secondary N) is 1. The number of carbonyl (C=O) groups is 1. The molecule has 0 aliphatic heterocycles. The smallest absolute Gasteiger partial charge is 0.244 e. The van der Waals surface area contributed by atoms with Gasteiger partial charge in [0.2, 0.25) is 15.9 Å². The quantitative estimate of drug-likeness (QED) is 0.154. The number of benzene rings is 3. The molecule has 0 bridgehead atoms. The van der Waals surface area contributed by atoms with Crippen LogP contribution < -0.4 is 10.2 Å². The van der Waals surface area contributed by atoms with Gasteiger partial charge in [0.25, 0.3) is 0 Å². The number of halogens is 1. The van der Waals surface area contributed by atoms with Crippen LogP contribution in [0.2, 0.25) is 5.02 Å². The summed E-state index contributed by atoms with van der Waals surface area (Å²) in [5, 5.41) is 17.6. The maximum atomic E-state index is 13.5. The monoisotopic (exact) mass is 531 g/mol. The number of sulfonamides is 1. The zero-order valence-corrected chi connectivity index (χ0v) is 20.8. The van der Waals surface area contributed by atoms with Crippen molar-refractivity contribution >= 4 is 40.2 Å². The summed E-state index contributed by atoms with van der Waals surface area (Å²) in [6.45, 7) is -0.192. The highest BCUT2D eigenvalue weighted by atomic mass is 35.5. The fraction of sp³-hybridized carbons (Fsp3) is 0.167. The van der Waals surface area contributed by atoms with Crippen LogP contribution in [0, 0.1) is 11.3 Å². The number of hydrogen-bond donors (Lipinski definition) is 3.